The fourth-order valence-electron chi connectivity index (χ4n) is 5.16. The Hall–Kier alpha value is -3.24. The van der Waals surface area contributed by atoms with Crippen LogP contribution < -0.4 is 14.8 Å². The smallest absolute Gasteiger partial charge is 0.508 e. The van der Waals surface area contributed by atoms with Crippen molar-refractivity contribution in [2.75, 3.05) is 26.3 Å². The van der Waals surface area contributed by atoms with Crippen molar-refractivity contribution in [2.45, 2.75) is 56.0 Å². The number of hydrogen-bond acceptors (Lipinski definition) is 10. The number of aliphatic hydroxyl groups excluding tert-OH is 1. The van der Waals surface area contributed by atoms with Crippen molar-refractivity contribution in [3.8, 4) is 17.2 Å². The van der Waals surface area contributed by atoms with Crippen molar-refractivity contribution in [3.63, 3.8) is 0 Å². The van der Waals surface area contributed by atoms with Gasteiger partial charge in [-0.25, -0.2) is 13.2 Å². The van der Waals surface area contributed by atoms with Crippen LogP contribution in [0.3, 0.4) is 0 Å². The minimum atomic E-state index is -4.35. The number of nitrogens with one attached hydrogen (secondary N) is 1. The highest BCUT2D eigenvalue weighted by atomic mass is 32.2. The number of nitrogens with zero attached hydrogens (tertiary/aromatic N) is 1. The SMILES string of the molecule is CC(C)CN(C[C@@H](O)[C@@H](NC(=O)OC1COC2OCCC12)c1ccc(O)cc1)S(=O)(=O)c1ccc2c(c1)OC(F)(F)O2. The van der Waals surface area contributed by atoms with Crippen LogP contribution in [-0.2, 0) is 24.2 Å². The molecule has 3 unspecified atom stereocenters. The first-order chi connectivity index (χ1) is 19.8. The molecule has 15 heteroatoms. The molecule has 3 aliphatic rings. The zero-order valence-electron chi connectivity index (χ0n) is 22.8. The maximum absolute atomic E-state index is 13.7. The first kappa shape index (κ1) is 30.2. The van der Waals surface area contributed by atoms with Gasteiger partial charge in [-0.3, -0.25) is 0 Å². The van der Waals surface area contributed by atoms with Gasteiger partial charge in [0, 0.05) is 19.2 Å². The van der Waals surface area contributed by atoms with E-state index in [1.165, 1.54) is 24.3 Å². The Bertz CT molecular complexity index is 1390. The molecular weight excluding hydrogens is 582 g/mol. The van der Waals surface area contributed by atoms with Gasteiger partial charge in [0.15, 0.2) is 17.8 Å². The fourth-order valence-corrected chi connectivity index (χ4v) is 6.80. The van der Waals surface area contributed by atoms with Gasteiger partial charge in [0.1, 0.15) is 11.9 Å². The van der Waals surface area contributed by atoms with Crippen molar-refractivity contribution in [1.29, 1.82) is 0 Å². The van der Waals surface area contributed by atoms with Gasteiger partial charge in [-0.2, -0.15) is 4.31 Å². The second-order valence-electron chi connectivity index (χ2n) is 10.7. The summed E-state index contributed by atoms with van der Waals surface area (Å²) in [4.78, 5) is 12.6. The quantitative estimate of drug-likeness (QED) is 0.364. The van der Waals surface area contributed by atoms with Crippen molar-refractivity contribution in [3.05, 3.63) is 48.0 Å². The van der Waals surface area contributed by atoms with Gasteiger partial charge < -0.3 is 39.2 Å². The Morgan fingerprint density at radius 1 is 1.12 bits per heavy atom. The number of aliphatic hydroxyl groups is 1. The summed E-state index contributed by atoms with van der Waals surface area (Å²) in [6, 6.07) is 7.62. The lowest BCUT2D eigenvalue weighted by Crippen LogP contribution is -2.46. The lowest BCUT2D eigenvalue weighted by molar-refractivity contribution is -0.286. The molecule has 2 saturated heterocycles. The average molecular weight is 615 g/mol. The predicted octanol–water partition coefficient (Wildman–Crippen LogP) is 2.95. The highest BCUT2D eigenvalue weighted by Gasteiger charge is 2.45. The van der Waals surface area contributed by atoms with E-state index in [9.17, 15) is 32.2 Å². The number of phenols is 1. The van der Waals surface area contributed by atoms with Crippen LogP contribution in [0.4, 0.5) is 13.6 Å². The number of phenolic OH excluding ortho intramolecular Hbond substituents is 1. The molecule has 0 bridgehead atoms. The van der Waals surface area contributed by atoms with E-state index < -0.39 is 59.2 Å². The molecular formula is C27H32F2N2O10S. The van der Waals surface area contributed by atoms with E-state index in [4.69, 9.17) is 14.2 Å². The Labute approximate surface area is 241 Å². The molecule has 42 heavy (non-hydrogen) atoms. The van der Waals surface area contributed by atoms with Gasteiger partial charge in [0.2, 0.25) is 10.0 Å². The standard InChI is InChI=1S/C27H32F2N2O10S/c1-15(2)12-31(42(35,36)18-7-8-21-22(11-18)41-27(28,29)40-21)13-20(33)24(16-3-5-17(32)6-4-16)30-26(34)39-23-14-38-25-19(23)9-10-37-25/h3-8,11,15,19-20,23-25,32-33H,9-10,12-14H2,1-2H3,(H,30,34)/t19?,20-,23?,24+,25?/m1/s1. The summed E-state index contributed by atoms with van der Waals surface area (Å²) in [7, 11) is -4.35. The van der Waals surface area contributed by atoms with Crippen LogP contribution in [0.25, 0.3) is 0 Å². The molecule has 1 amide bonds. The number of rotatable bonds is 10. The summed E-state index contributed by atoms with van der Waals surface area (Å²) >= 11 is 0. The molecule has 0 spiro atoms. The Balaban J connectivity index is 1.37. The first-order valence-electron chi connectivity index (χ1n) is 13.4. The lowest BCUT2D eigenvalue weighted by Gasteiger charge is -2.31. The van der Waals surface area contributed by atoms with Gasteiger partial charge in [0.25, 0.3) is 0 Å². The highest BCUT2D eigenvalue weighted by molar-refractivity contribution is 7.89. The molecule has 3 N–H and O–H groups in total. The summed E-state index contributed by atoms with van der Waals surface area (Å²) in [5.41, 5.74) is 0.370. The maximum atomic E-state index is 13.7. The Morgan fingerprint density at radius 2 is 1.83 bits per heavy atom. The molecule has 0 aliphatic carbocycles. The van der Waals surface area contributed by atoms with E-state index in [-0.39, 0.29) is 41.4 Å². The van der Waals surface area contributed by atoms with Gasteiger partial charge >= 0.3 is 12.4 Å². The number of ether oxygens (including phenoxy) is 5. The third kappa shape index (κ3) is 6.54. The van der Waals surface area contributed by atoms with Gasteiger partial charge in [-0.15, -0.1) is 8.78 Å². The second kappa shape index (κ2) is 11.8. The molecule has 5 rings (SSSR count). The summed E-state index contributed by atoms with van der Waals surface area (Å²) in [6.45, 7) is 3.65. The predicted molar refractivity (Wildman–Crippen MR) is 140 cm³/mol. The number of alkyl halides is 2. The molecule has 230 valence electrons. The van der Waals surface area contributed by atoms with Crippen LogP contribution >= 0.6 is 0 Å². The van der Waals surface area contributed by atoms with Crippen molar-refractivity contribution >= 4 is 16.1 Å². The van der Waals surface area contributed by atoms with Gasteiger partial charge in [-0.05, 0) is 42.2 Å². The van der Waals surface area contributed by atoms with Crippen LogP contribution in [0.1, 0.15) is 31.9 Å². The van der Waals surface area contributed by atoms with Crippen molar-refractivity contribution < 1.29 is 55.9 Å². The Morgan fingerprint density at radius 3 is 2.55 bits per heavy atom. The molecule has 3 aliphatic heterocycles. The number of sulfonamides is 1. The third-order valence-corrected chi connectivity index (χ3v) is 8.95. The average Bonchev–Trinajstić information content (AvgIpc) is 3.61. The number of hydrogen-bond donors (Lipinski definition) is 3. The minimum Gasteiger partial charge on any atom is -0.508 e. The van der Waals surface area contributed by atoms with Crippen molar-refractivity contribution in [2.24, 2.45) is 11.8 Å². The summed E-state index contributed by atoms with van der Waals surface area (Å²) < 4.78 is 80.8. The van der Waals surface area contributed by atoms with E-state index in [1.54, 1.807) is 13.8 Å². The zero-order chi connectivity index (χ0) is 30.2. The normalized spacial score (nSPS) is 24.0. The molecule has 0 saturated carbocycles. The van der Waals surface area contributed by atoms with Crippen molar-refractivity contribution in [1.82, 2.24) is 9.62 Å². The summed E-state index contributed by atoms with van der Waals surface area (Å²) in [5.74, 6) is -1.13. The zero-order valence-corrected chi connectivity index (χ0v) is 23.6. The third-order valence-electron chi connectivity index (χ3n) is 7.12. The molecule has 2 aromatic rings. The molecule has 2 fully saturated rings. The van der Waals surface area contributed by atoms with E-state index in [2.05, 4.69) is 14.8 Å². The van der Waals surface area contributed by atoms with E-state index in [0.29, 0.717) is 18.6 Å². The van der Waals surface area contributed by atoms with E-state index in [0.717, 1.165) is 22.5 Å². The number of aromatic hydroxyl groups is 1. The second-order valence-corrected chi connectivity index (χ2v) is 12.7. The minimum absolute atomic E-state index is 0.0424. The van der Waals surface area contributed by atoms with Crippen LogP contribution in [0.15, 0.2) is 47.4 Å². The molecule has 2 aromatic carbocycles. The van der Waals surface area contributed by atoms with E-state index in [1.807, 2.05) is 0 Å². The molecule has 12 nitrogen and oxygen atoms in total. The van der Waals surface area contributed by atoms with Crippen LogP contribution in [0.2, 0.25) is 0 Å². The molecule has 0 radical (unpaired) electrons. The molecule has 5 atom stereocenters. The number of alkyl carbamates (subject to hydrolysis) is 1. The number of amides is 1. The summed E-state index contributed by atoms with van der Waals surface area (Å²) in [6.07, 6.45) is -6.64. The van der Waals surface area contributed by atoms with Gasteiger partial charge in [0.05, 0.1) is 36.2 Å². The summed E-state index contributed by atoms with van der Waals surface area (Å²) in [5, 5.41) is 23.8. The van der Waals surface area contributed by atoms with Crippen LogP contribution in [-0.4, -0.2) is 80.1 Å². The molecule has 0 aromatic heterocycles. The van der Waals surface area contributed by atoms with Crippen LogP contribution in [0, 0.1) is 11.8 Å². The largest absolute Gasteiger partial charge is 0.586 e. The number of benzene rings is 2. The lowest BCUT2D eigenvalue weighted by atomic mass is 10.0. The Kier molecular flexibility index (Phi) is 8.49. The van der Waals surface area contributed by atoms with Crippen LogP contribution in [0.5, 0.6) is 17.2 Å². The topological polar surface area (TPSA) is 153 Å². The first-order valence-corrected chi connectivity index (χ1v) is 14.8. The number of halogens is 2. The number of fused-ring (bicyclic) bond motifs is 2. The maximum Gasteiger partial charge on any atom is 0.586 e. The fraction of sp³-hybridized carbons (Fsp3) is 0.519. The molecule has 3 heterocycles. The monoisotopic (exact) mass is 614 g/mol. The van der Waals surface area contributed by atoms with Gasteiger partial charge in [-0.1, -0.05) is 26.0 Å². The highest BCUT2D eigenvalue weighted by Crippen LogP contribution is 2.42. The number of carbonyl (C=O) groups is 1. The number of carbonyl (C=O) groups excluding carboxylic acids is 1. The van der Waals surface area contributed by atoms with E-state index >= 15 is 0 Å².